The van der Waals surface area contributed by atoms with Crippen molar-refractivity contribution in [2.45, 2.75) is 6.54 Å². The highest BCUT2D eigenvalue weighted by Crippen LogP contribution is 2.27. The van der Waals surface area contributed by atoms with Crippen molar-refractivity contribution in [1.29, 1.82) is 0 Å². The molecule has 0 radical (unpaired) electrons. The maximum absolute atomic E-state index is 13.0. The summed E-state index contributed by atoms with van der Waals surface area (Å²) in [5.41, 5.74) is 1.02. The second-order valence-electron chi connectivity index (χ2n) is 5.27. The van der Waals surface area contributed by atoms with E-state index >= 15 is 0 Å². The summed E-state index contributed by atoms with van der Waals surface area (Å²) in [6.45, 7) is 0.0569. The van der Waals surface area contributed by atoms with Gasteiger partial charge in [-0.25, -0.2) is 4.39 Å². The first-order valence-corrected chi connectivity index (χ1v) is 7.69. The molecule has 0 saturated heterocycles. The van der Waals surface area contributed by atoms with Crippen LogP contribution in [0.3, 0.4) is 0 Å². The molecule has 1 aromatic heterocycles. The Morgan fingerprint density at radius 3 is 2.54 bits per heavy atom. The number of halogens is 1. The molecule has 7 nitrogen and oxygen atoms in total. The Morgan fingerprint density at radius 2 is 1.85 bits per heavy atom. The molecule has 26 heavy (non-hydrogen) atoms. The summed E-state index contributed by atoms with van der Waals surface area (Å²) in [4.78, 5) is 16.4. The molecule has 1 N–H and O–H groups in total. The second kappa shape index (κ2) is 7.64. The van der Waals surface area contributed by atoms with Crippen LogP contribution in [0.4, 0.5) is 4.39 Å². The molecule has 0 aliphatic rings. The van der Waals surface area contributed by atoms with Crippen LogP contribution < -0.4 is 14.8 Å². The van der Waals surface area contributed by atoms with Gasteiger partial charge in [-0.15, -0.1) is 0 Å². The SMILES string of the molecule is COc1ccc(C(=O)NCc2nc(-c3ccc(F)cc3)no2)cc1OC. The Morgan fingerprint density at radius 1 is 1.12 bits per heavy atom. The number of carbonyl (C=O) groups is 1. The van der Waals surface area contributed by atoms with Crippen LogP contribution >= 0.6 is 0 Å². The molecule has 0 saturated carbocycles. The van der Waals surface area contributed by atoms with E-state index in [4.69, 9.17) is 14.0 Å². The summed E-state index contributed by atoms with van der Waals surface area (Å²) in [7, 11) is 3.01. The number of methoxy groups -OCH3 is 2. The first-order valence-electron chi connectivity index (χ1n) is 7.69. The van der Waals surface area contributed by atoms with Gasteiger partial charge >= 0.3 is 0 Å². The number of benzene rings is 2. The van der Waals surface area contributed by atoms with Gasteiger partial charge in [-0.1, -0.05) is 5.16 Å². The normalized spacial score (nSPS) is 10.4. The zero-order valence-corrected chi connectivity index (χ0v) is 14.2. The van der Waals surface area contributed by atoms with Crippen LogP contribution in [0.2, 0.25) is 0 Å². The molecule has 0 spiro atoms. The van der Waals surface area contributed by atoms with E-state index in [1.165, 1.54) is 26.4 Å². The number of ether oxygens (including phenoxy) is 2. The molecule has 0 atom stereocenters. The quantitative estimate of drug-likeness (QED) is 0.730. The van der Waals surface area contributed by atoms with Gasteiger partial charge in [-0.05, 0) is 42.5 Å². The molecule has 1 amide bonds. The van der Waals surface area contributed by atoms with E-state index < -0.39 is 0 Å². The molecule has 3 rings (SSSR count). The predicted molar refractivity (Wildman–Crippen MR) is 90.4 cm³/mol. The Kier molecular flexibility index (Phi) is 5.12. The molecular formula is C18H16FN3O4. The average molecular weight is 357 g/mol. The fourth-order valence-corrected chi connectivity index (χ4v) is 2.28. The molecule has 0 unspecified atom stereocenters. The molecule has 0 aliphatic heterocycles. The Labute approximate surface area is 148 Å². The fourth-order valence-electron chi connectivity index (χ4n) is 2.28. The maximum atomic E-state index is 13.0. The highest BCUT2D eigenvalue weighted by atomic mass is 19.1. The molecule has 1 heterocycles. The van der Waals surface area contributed by atoms with Gasteiger partial charge in [0.15, 0.2) is 11.5 Å². The zero-order chi connectivity index (χ0) is 18.5. The highest BCUT2D eigenvalue weighted by Gasteiger charge is 2.13. The topological polar surface area (TPSA) is 86.5 Å². The third-order valence-corrected chi connectivity index (χ3v) is 3.62. The first-order chi connectivity index (χ1) is 12.6. The van der Waals surface area contributed by atoms with Crippen molar-refractivity contribution in [3.05, 3.63) is 59.7 Å². The third kappa shape index (κ3) is 3.80. The van der Waals surface area contributed by atoms with E-state index in [-0.39, 0.29) is 24.2 Å². The lowest BCUT2D eigenvalue weighted by molar-refractivity contribution is 0.0946. The lowest BCUT2D eigenvalue weighted by Crippen LogP contribution is -2.23. The molecular weight excluding hydrogens is 341 g/mol. The Hall–Kier alpha value is -3.42. The number of amides is 1. The molecule has 8 heteroatoms. The molecule has 3 aromatic rings. The maximum Gasteiger partial charge on any atom is 0.251 e. The van der Waals surface area contributed by atoms with Crippen molar-refractivity contribution >= 4 is 5.91 Å². The van der Waals surface area contributed by atoms with Gasteiger partial charge in [-0.2, -0.15) is 4.98 Å². The number of hydrogen-bond acceptors (Lipinski definition) is 6. The third-order valence-electron chi connectivity index (χ3n) is 3.62. The smallest absolute Gasteiger partial charge is 0.251 e. The molecule has 0 bridgehead atoms. The first kappa shape index (κ1) is 17.4. The number of aromatic nitrogens is 2. The van der Waals surface area contributed by atoms with Crippen LogP contribution in [0.1, 0.15) is 16.2 Å². The van der Waals surface area contributed by atoms with Crippen molar-refractivity contribution in [2.75, 3.05) is 14.2 Å². The minimum Gasteiger partial charge on any atom is -0.493 e. The lowest BCUT2D eigenvalue weighted by atomic mass is 10.2. The molecule has 0 aliphatic carbocycles. The van der Waals surface area contributed by atoms with Crippen LogP contribution in [0.25, 0.3) is 11.4 Å². The summed E-state index contributed by atoms with van der Waals surface area (Å²) < 4.78 is 28.4. The van der Waals surface area contributed by atoms with E-state index in [2.05, 4.69) is 15.5 Å². The number of nitrogens with one attached hydrogen (secondary N) is 1. The van der Waals surface area contributed by atoms with Crippen molar-refractivity contribution in [2.24, 2.45) is 0 Å². The number of carbonyl (C=O) groups excluding carboxylic acids is 1. The number of hydrogen-bond donors (Lipinski definition) is 1. The van der Waals surface area contributed by atoms with Gasteiger partial charge in [-0.3, -0.25) is 4.79 Å². The van der Waals surface area contributed by atoms with Crippen LogP contribution in [0.15, 0.2) is 47.0 Å². The summed E-state index contributed by atoms with van der Waals surface area (Å²) in [6.07, 6.45) is 0. The summed E-state index contributed by atoms with van der Waals surface area (Å²) >= 11 is 0. The number of nitrogens with zero attached hydrogens (tertiary/aromatic N) is 2. The molecule has 2 aromatic carbocycles. The largest absolute Gasteiger partial charge is 0.493 e. The van der Waals surface area contributed by atoms with E-state index in [0.29, 0.717) is 28.5 Å². The van der Waals surface area contributed by atoms with Crippen molar-refractivity contribution in [3.63, 3.8) is 0 Å². The van der Waals surface area contributed by atoms with E-state index in [9.17, 15) is 9.18 Å². The summed E-state index contributed by atoms with van der Waals surface area (Å²) in [5, 5.41) is 6.51. The van der Waals surface area contributed by atoms with Gasteiger partial charge in [0.2, 0.25) is 11.7 Å². The van der Waals surface area contributed by atoms with Crippen LogP contribution in [0, 0.1) is 5.82 Å². The van der Waals surface area contributed by atoms with Gasteiger partial charge in [0.1, 0.15) is 5.82 Å². The molecule has 134 valence electrons. The van der Waals surface area contributed by atoms with E-state index in [1.807, 2.05) is 0 Å². The molecule has 0 fully saturated rings. The van der Waals surface area contributed by atoms with Gasteiger partial charge in [0, 0.05) is 11.1 Å². The highest BCUT2D eigenvalue weighted by molar-refractivity contribution is 5.94. The van der Waals surface area contributed by atoms with E-state index in [1.54, 1.807) is 30.3 Å². The van der Waals surface area contributed by atoms with Gasteiger partial charge < -0.3 is 19.3 Å². The standard InChI is InChI=1S/C18H16FN3O4/c1-24-14-8-5-12(9-15(14)25-2)18(23)20-10-16-21-17(22-26-16)11-3-6-13(19)7-4-11/h3-9H,10H2,1-2H3,(H,20,23). The van der Waals surface area contributed by atoms with Gasteiger partial charge in [0.25, 0.3) is 5.91 Å². The Bertz CT molecular complexity index is 909. The average Bonchev–Trinajstić information content (AvgIpc) is 3.15. The minimum absolute atomic E-state index is 0.0569. The predicted octanol–water partition coefficient (Wildman–Crippen LogP) is 2.82. The van der Waals surface area contributed by atoms with Crippen LogP contribution in [-0.4, -0.2) is 30.3 Å². The summed E-state index contributed by atoms with van der Waals surface area (Å²) in [6, 6.07) is 10.6. The lowest BCUT2D eigenvalue weighted by Gasteiger charge is -2.09. The second-order valence-corrected chi connectivity index (χ2v) is 5.27. The fraction of sp³-hybridized carbons (Fsp3) is 0.167. The monoisotopic (exact) mass is 357 g/mol. The zero-order valence-electron chi connectivity index (χ0n) is 14.2. The van der Waals surface area contributed by atoms with Crippen LogP contribution in [0.5, 0.6) is 11.5 Å². The minimum atomic E-state index is -0.348. The van der Waals surface area contributed by atoms with Crippen molar-refractivity contribution in [1.82, 2.24) is 15.5 Å². The summed E-state index contributed by atoms with van der Waals surface area (Å²) in [5.74, 6) is 0.868. The van der Waals surface area contributed by atoms with Crippen molar-refractivity contribution in [3.8, 4) is 22.9 Å². The Balaban J connectivity index is 1.66. The van der Waals surface area contributed by atoms with Crippen LogP contribution in [-0.2, 0) is 6.54 Å². The van der Waals surface area contributed by atoms with Gasteiger partial charge in [0.05, 0.1) is 20.8 Å². The van der Waals surface area contributed by atoms with Crippen molar-refractivity contribution < 1.29 is 23.2 Å². The van der Waals surface area contributed by atoms with E-state index in [0.717, 1.165) is 0 Å². The number of rotatable bonds is 6.